The second kappa shape index (κ2) is 1.70. The standard InChI is InChI=1S/C6H10N2O/c9-6-2-4-1-5(8-6)3-7-4/h4-5,7H,1-3H2,(H,8,9)/t4-,5-/m0/s1. The first-order valence-corrected chi connectivity index (χ1v) is 3.37. The molecule has 0 aromatic carbocycles. The monoisotopic (exact) mass is 126 g/mol. The zero-order chi connectivity index (χ0) is 6.27. The maximum Gasteiger partial charge on any atom is 0.221 e. The number of fused-ring (bicyclic) bond motifs is 2. The molecular formula is C6H10N2O. The summed E-state index contributed by atoms with van der Waals surface area (Å²) in [6.07, 6.45) is 1.81. The molecule has 2 rings (SSSR count). The maximum absolute atomic E-state index is 10.8. The third kappa shape index (κ3) is 0.812. The highest BCUT2D eigenvalue weighted by molar-refractivity contribution is 5.78. The van der Waals surface area contributed by atoms with Crippen molar-refractivity contribution in [2.24, 2.45) is 0 Å². The first kappa shape index (κ1) is 5.23. The lowest BCUT2D eigenvalue weighted by Gasteiger charge is -2.17. The Morgan fingerprint density at radius 3 is 3.11 bits per heavy atom. The molecule has 3 heteroatoms. The number of hydrogen-bond acceptors (Lipinski definition) is 2. The molecule has 2 aliphatic heterocycles. The molecule has 2 aliphatic rings. The molecule has 9 heavy (non-hydrogen) atoms. The molecule has 3 nitrogen and oxygen atoms in total. The number of amides is 1. The van der Waals surface area contributed by atoms with Crippen molar-refractivity contribution in [3.8, 4) is 0 Å². The van der Waals surface area contributed by atoms with Crippen LogP contribution in [0, 0.1) is 0 Å². The van der Waals surface area contributed by atoms with Crippen LogP contribution in [0.5, 0.6) is 0 Å². The summed E-state index contributed by atoms with van der Waals surface area (Å²) < 4.78 is 0. The quantitative estimate of drug-likeness (QED) is 0.448. The van der Waals surface area contributed by atoms with Crippen LogP contribution < -0.4 is 10.6 Å². The van der Waals surface area contributed by atoms with E-state index in [-0.39, 0.29) is 5.91 Å². The molecule has 0 spiro atoms. The van der Waals surface area contributed by atoms with Crippen molar-refractivity contribution < 1.29 is 4.79 Å². The molecule has 0 aromatic rings. The van der Waals surface area contributed by atoms with Gasteiger partial charge in [0, 0.05) is 25.0 Å². The molecule has 2 saturated heterocycles. The highest BCUT2D eigenvalue weighted by Crippen LogP contribution is 2.14. The summed E-state index contributed by atoms with van der Waals surface area (Å²) in [5, 5.41) is 6.17. The lowest BCUT2D eigenvalue weighted by Crippen LogP contribution is -2.39. The fourth-order valence-electron chi connectivity index (χ4n) is 1.59. The molecule has 0 aromatic heterocycles. The van der Waals surface area contributed by atoms with Gasteiger partial charge in [0.1, 0.15) is 0 Å². The molecule has 0 radical (unpaired) electrons. The first-order valence-electron chi connectivity index (χ1n) is 3.37. The molecule has 50 valence electrons. The first-order chi connectivity index (χ1) is 4.34. The molecule has 2 fully saturated rings. The van der Waals surface area contributed by atoms with E-state index >= 15 is 0 Å². The Bertz CT molecular complexity index is 132. The topological polar surface area (TPSA) is 41.1 Å². The SMILES string of the molecule is O=C1C[C@@H]2C[C@@H](CN2)N1. The van der Waals surface area contributed by atoms with Crippen LogP contribution in [0.1, 0.15) is 12.8 Å². The van der Waals surface area contributed by atoms with Gasteiger partial charge in [-0.25, -0.2) is 0 Å². The van der Waals surface area contributed by atoms with E-state index < -0.39 is 0 Å². The lowest BCUT2D eigenvalue weighted by molar-refractivity contribution is -0.122. The van der Waals surface area contributed by atoms with Gasteiger partial charge < -0.3 is 10.6 Å². The average Bonchev–Trinajstić information content (AvgIpc) is 2.11. The lowest BCUT2D eigenvalue weighted by atomic mass is 10.1. The van der Waals surface area contributed by atoms with Crippen molar-refractivity contribution in [3.05, 3.63) is 0 Å². The maximum atomic E-state index is 10.8. The third-order valence-corrected chi connectivity index (χ3v) is 2.02. The summed E-state index contributed by atoms with van der Waals surface area (Å²) in [7, 11) is 0. The van der Waals surface area contributed by atoms with E-state index in [1.807, 2.05) is 0 Å². The molecule has 0 saturated carbocycles. The summed E-state index contributed by atoms with van der Waals surface area (Å²) in [5.74, 6) is 0.209. The van der Waals surface area contributed by atoms with Crippen LogP contribution in [0.3, 0.4) is 0 Å². The van der Waals surface area contributed by atoms with E-state index in [1.54, 1.807) is 0 Å². The summed E-state index contributed by atoms with van der Waals surface area (Å²) in [4.78, 5) is 10.8. The van der Waals surface area contributed by atoms with Gasteiger partial charge in [-0.05, 0) is 6.42 Å². The summed E-state index contributed by atoms with van der Waals surface area (Å²) in [6, 6.07) is 0.903. The van der Waals surface area contributed by atoms with E-state index in [9.17, 15) is 4.79 Å². The van der Waals surface area contributed by atoms with Crippen LogP contribution in [0.2, 0.25) is 0 Å². The van der Waals surface area contributed by atoms with E-state index in [1.165, 1.54) is 0 Å². The van der Waals surface area contributed by atoms with Gasteiger partial charge in [-0.3, -0.25) is 4.79 Å². The Morgan fingerprint density at radius 2 is 2.33 bits per heavy atom. The average molecular weight is 126 g/mol. The minimum Gasteiger partial charge on any atom is -0.352 e. The fraction of sp³-hybridized carbons (Fsp3) is 0.833. The Hall–Kier alpha value is -0.570. The Balaban J connectivity index is 2.11. The van der Waals surface area contributed by atoms with Crippen LogP contribution in [0.15, 0.2) is 0 Å². The molecule has 0 unspecified atom stereocenters. The number of hydrogen-bond donors (Lipinski definition) is 2. The van der Waals surface area contributed by atoms with Crippen LogP contribution in [-0.4, -0.2) is 24.5 Å². The largest absolute Gasteiger partial charge is 0.352 e. The van der Waals surface area contributed by atoms with Gasteiger partial charge in [0.05, 0.1) is 0 Å². The highest BCUT2D eigenvalue weighted by Gasteiger charge is 2.31. The van der Waals surface area contributed by atoms with E-state index in [0.29, 0.717) is 18.5 Å². The van der Waals surface area contributed by atoms with Gasteiger partial charge >= 0.3 is 0 Å². The van der Waals surface area contributed by atoms with Crippen LogP contribution >= 0.6 is 0 Å². The van der Waals surface area contributed by atoms with Gasteiger partial charge in [0.25, 0.3) is 0 Å². The van der Waals surface area contributed by atoms with Gasteiger partial charge in [-0.2, -0.15) is 0 Å². The predicted molar refractivity (Wildman–Crippen MR) is 33.0 cm³/mol. The molecular weight excluding hydrogens is 116 g/mol. The summed E-state index contributed by atoms with van der Waals surface area (Å²) in [6.45, 7) is 0.969. The Kier molecular flexibility index (Phi) is 0.990. The fourth-order valence-corrected chi connectivity index (χ4v) is 1.59. The van der Waals surface area contributed by atoms with Crippen LogP contribution in [-0.2, 0) is 4.79 Å². The zero-order valence-electron chi connectivity index (χ0n) is 5.18. The van der Waals surface area contributed by atoms with Crippen molar-refractivity contribution in [1.29, 1.82) is 0 Å². The minimum atomic E-state index is 0.209. The summed E-state index contributed by atoms with van der Waals surface area (Å²) in [5.41, 5.74) is 0. The van der Waals surface area contributed by atoms with Crippen LogP contribution in [0.4, 0.5) is 0 Å². The van der Waals surface area contributed by atoms with Gasteiger partial charge in [-0.15, -0.1) is 0 Å². The van der Waals surface area contributed by atoms with Crippen molar-refractivity contribution in [3.63, 3.8) is 0 Å². The predicted octanol–water partition coefficient (Wildman–Crippen LogP) is -0.763. The third-order valence-electron chi connectivity index (χ3n) is 2.02. The Morgan fingerprint density at radius 1 is 1.44 bits per heavy atom. The Labute approximate surface area is 53.8 Å². The van der Waals surface area contributed by atoms with E-state index in [4.69, 9.17) is 0 Å². The summed E-state index contributed by atoms with van der Waals surface area (Å²) >= 11 is 0. The zero-order valence-corrected chi connectivity index (χ0v) is 5.18. The molecule has 1 amide bonds. The highest BCUT2D eigenvalue weighted by atomic mass is 16.1. The van der Waals surface area contributed by atoms with Crippen molar-refractivity contribution in [2.45, 2.75) is 24.9 Å². The molecule has 2 heterocycles. The number of carbonyl (C=O) groups is 1. The normalized spacial score (nSPS) is 40.7. The smallest absolute Gasteiger partial charge is 0.221 e. The number of carbonyl (C=O) groups excluding carboxylic acids is 1. The second-order valence-electron chi connectivity index (χ2n) is 2.81. The van der Waals surface area contributed by atoms with Crippen molar-refractivity contribution in [1.82, 2.24) is 10.6 Å². The van der Waals surface area contributed by atoms with Crippen LogP contribution in [0.25, 0.3) is 0 Å². The van der Waals surface area contributed by atoms with E-state index in [2.05, 4.69) is 10.6 Å². The molecule has 2 N–H and O–H groups in total. The number of nitrogens with one attached hydrogen (secondary N) is 2. The van der Waals surface area contributed by atoms with Gasteiger partial charge in [-0.1, -0.05) is 0 Å². The molecule has 0 aliphatic carbocycles. The van der Waals surface area contributed by atoms with Crippen molar-refractivity contribution in [2.75, 3.05) is 6.54 Å². The minimum absolute atomic E-state index is 0.209. The molecule has 2 atom stereocenters. The van der Waals surface area contributed by atoms with Gasteiger partial charge in [0.15, 0.2) is 0 Å². The number of piperidine rings is 1. The number of rotatable bonds is 0. The second-order valence-corrected chi connectivity index (χ2v) is 2.81. The van der Waals surface area contributed by atoms with E-state index in [0.717, 1.165) is 13.0 Å². The van der Waals surface area contributed by atoms with Gasteiger partial charge in [0.2, 0.25) is 5.91 Å². The molecule has 2 bridgehead atoms. The van der Waals surface area contributed by atoms with Crippen molar-refractivity contribution >= 4 is 5.91 Å².